The van der Waals surface area contributed by atoms with Crippen LogP contribution >= 0.6 is 0 Å². The van der Waals surface area contributed by atoms with Crippen LogP contribution in [0.3, 0.4) is 0 Å². The summed E-state index contributed by atoms with van der Waals surface area (Å²) < 4.78 is 1.95. The van der Waals surface area contributed by atoms with Crippen LogP contribution in [0.4, 0.5) is 0 Å². The molecule has 1 aliphatic carbocycles. The number of hydrogen-bond acceptors (Lipinski definition) is 4. The van der Waals surface area contributed by atoms with E-state index >= 15 is 0 Å². The number of carbonyl (C=O) groups is 1. The molecule has 3 rings (SSSR count). The van der Waals surface area contributed by atoms with Crippen molar-refractivity contribution in [3.8, 4) is 0 Å². The zero-order chi connectivity index (χ0) is 14.8. The van der Waals surface area contributed by atoms with E-state index in [1.807, 2.05) is 23.6 Å². The molecule has 1 amide bonds. The summed E-state index contributed by atoms with van der Waals surface area (Å²) in [7, 11) is 1.88. The van der Waals surface area contributed by atoms with E-state index in [0.29, 0.717) is 17.7 Å². The SMILES string of the molecule is Cc1c(C(=O)N(C)CC2CCC2)nnn1C1CCNCC1. The van der Waals surface area contributed by atoms with E-state index in [9.17, 15) is 4.79 Å². The van der Waals surface area contributed by atoms with Crippen molar-refractivity contribution in [2.24, 2.45) is 5.92 Å². The van der Waals surface area contributed by atoms with Crippen LogP contribution in [-0.4, -0.2) is 52.5 Å². The Balaban J connectivity index is 1.69. The molecule has 2 aliphatic rings. The first-order valence-electron chi connectivity index (χ1n) is 8.04. The molecule has 1 aromatic rings. The van der Waals surface area contributed by atoms with Gasteiger partial charge in [0.15, 0.2) is 5.69 Å². The van der Waals surface area contributed by atoms with E-state index in [-0.39, 0.29) is 5.91 Å². The number of nitrogens with zero attached hydrogens (tertiary/aromatic N) is 4. The van der Waals surface area contributed by atoms with E-state index in [4.69, 9.17) is 0 Å². The van der Waals surface area contributed by atoms with Gasteiger partial charge in [-0.05, 0) is 51.6 Å². The minimum Gasteiger partial charge on any atom is -0.340 e. The Morgan fingerprint density at radius 2 is 2.05 bits per heavy atom. The first-order chi connectivity index (χ1) is 10.2. The molecule has 0 spiro atoms. The Hall–Kier alpha value is -1.43. The summed E-state index contributed by atoms with van der Waals surface area (Å²) >= 11 is 0. The van der Waals surface area contributed by atoms with E-state index in [2.05, 4.69) is 15.6 Å². The molecular formula is C15H25N5O. The molecule has 1 saturated heterocycles. The Kier molecular flexibility index (Phi) is 4.24. The van der Waals surface area contributed by atoms with Crippen molar-refractivity contribution in [3.05, 3.63) is 11.4 Å². The summed E-state index contributed by atoms with van der Waals surface area (Å²) in [5, 5.41) is 11.8. The average Bonchev–Trinajstić information content (AvgIpc) is 2.84. The third-order valence-corrected chi connectivity index (χ3v) is 4.89. The summed E-state index contributed by atoms with van der Waals surface area (Å²) in [6.45, 7) is 4.83. The van der Waals surface area contributed by atoms with E-state index < -0.39 is 0 Å². The zero-order valence-electron chi connectivity index (χ0n) is 13.0. The summed E-state index contributed by atoms with van der Waals surface area (Å²) in [5.74, 6) is 0.693. The van der Waals surface area contributed by atoms with Crippen LogP contribution in [0, 0.1) is 12.8 Å². The Morgan fingerprint density at radius 1 is 1.33 bits per heavy atom. The summed E-state index contributed by atoms with van der Waals surface area (Å²) in [6, 6.07) is 0.372. The number of aromatic nitrogens is 3. The van der Waals surface area contributed by atoms with Crippen molar-refractivity contribution in [2.45, 2.75) is 45.1 Å². The van der Waals surface area contributed by atoms with Crippen molar-refractivity contribution < 1.29 is 4.79 Å². The van der Waals surface area contributed by atoms with E-state index in [1.165, 1.54) is 19.3 Å². The van der Waals surface area contributed by atoms with Crippen LogP contribution in [0.15, 0.2) is 0 Å². The second-order valence-corrected chi connectivity index (χ2v) is 6.43. The van der Waals surface area contributed by atoms with Crippen molar-refractivity contribution in [1.82, 2.24) is 25.2 Å². The first-order valence-corrected chi connectivity index (χ1v) is 8.04. The maximum absolute atomic E-state index is 12.5. The molecule has 6 nitrogen and oxygen atoms in total. The largest absolute Gasteiger partial charge is 0.340 e. The van der Waals surface area contributed by atoms with Crippen LogP contribution < -0.4 is 5.32 Å². The molecule has 0 radical (unpaired) electrons. The number of amides is 1. The van der Waals surface area contributed by atoms with Crippen LogP contribution in [-0.2, 0) is 0 Å². The highest BCUT2D eigenvalue weighted by Gasteiger charge is 2.27. The lowest BCUT2D eigenvalue weighted by molar-refractivity contribution is 0.0738. The standard InChI is InChI=1S/C15H25N5O/c1-11-14(15(21)19(2)10-12-4-3-5-12)17-18-20(11)13-6-8-16-9-7-13/h12-13,16H,3-10H2,1-2H3. The van der Waals surface area contributed by atoms with Gasteiger partial charge in [0.1, 0.15) is 0 Å². The van der Waals surface area contributed by atoms with Gasteiger partial charge in [-0.2, -0.15) is 0 Å². The smallest absolute Gasteiger partial charge is 0.276 e. The van der Waals surface area contributed by atoms with Gasteiger partial charge < -0.3 is 10.2 Å². The van der Waals surface area contributed by atoms with Crippen LogP contribution in [0.1, 0.15) is 54.3 Å². The van der Waals surface area contributed by atoms with Gasteiger partial charge in [-0.25, -0.2) is 4.68 Å². The highest BCUT2D eigenvalue weighted by molar-refractivity contribution is 5.93. The van der Waals surface area contributed by atoms with Crippen LogP contribution in [0.2, 0.25) is 0 Å². The fourth-order valence-corrected chi connectivity index (χ4v) is 3.26. The fourth-order valence-electron chi connectivity index (χ4n) is 3.26. The minimum absolute atomic E-state index is 0.0135. The average molecular weight is 291 g/mol. The fraction of sp³-hybridized carbons (Fsp3) is 0.800. The predicted molar refractivity (Wildman–Crippen MR) is 80.2 cm³/mol. The Bertz CT molecular complexity index is 502. The van der Waals surface area contributed by atoms with Crippen LogP contribution in [0.5, 0.6) is 0 Å². The van der Waals surface area contributed by atoms with Gasteiger partial charge in [-0.15, -0.1) is 5.10 Å². The third kappa shape index (κ3) is 2.95. The molecule has 1 saturated carbocycles. The monoisotopic (exact) mass is 291 g/mol. The molecule has 0 bridgehead atoms. The first kappa shape index (κ1) is 14.5. The molecule has 1 N–H and O–H groups in total. The molecule has 6 heteroatoms. The van der Waals surface area contributed by atoms with Crippen molar-refractivity contribution >= 4 is 5.91 Å². The Labute approximate surface area is 125 Å². The van der Waals surface area contributed by atoms with Gasteiger partial charge in [0.25, 0.3) is 5.91 Å². The maximum atomic E-state index is 12.5. The highest BCUT2D eigenvalue weighted by Crippen LogP contribution is 2.27. The zero-order valence-corrected chi connectivity index (χ0v) is 13.0. The van der Waals surface area contributed by atoms with Gasteiger partial charge in [-0.3, -0.25) is 4.79 Å². The molecule has 2 heterocycles. The highest BCUT2D eigenvalue weighted by atomic mass is 16.2. The molecule has 21 heavy (non-hydrogen) atoms. The van der Waals surface area contributed by atoms with E-state index in [0.717, 1.165) is 38.2 Å². The topological polar surface area (TPSA) is 63.1 Å². The number of rotatable bonds is 4. The van der Waals surface area contributed by atoms with Gasteiger partial charge in [0.05, 0.1) is 11.7 Å². The van der Waals surface area contributed by atoms with Crippen molar-refractivity contribution in [3.63, 3.8) is 0 Å². The lowest BCUT2D eigenvalue weighted by Gasteiger charge is -2.29. The van der Waals surface area contributed by atoms with Gasteiger partial charge in [-0.1, -0.05) is 11.6 Å². The summed E-state index contributed by atoms with van der Waals surface area (Å²) in [6.07, 6.45) is 5.90. The second-order valence-electron chi connectivity index (χ2n) is 6.43. The molecule has 1 aromatic heterocycles. The maximum Gasteiger partial charge on any atom is 0.276 e. The molecule has 2 fully saturated rings. The van der Waals surface area contributed by atoms with Crippen molar-refractivity contribution in [2.75, 3.05) is 26.7 Å². The van der Waals surface area contributed by atoms with Gasteiger partial charge in [0, 0.05) is 13.6 Å². The summed E-state index contributed by atoms with van der Waals surface area (Å²) in [4.78, 5) is 14.3. The lowest BCUT2D eigenvalue weighted by Crippen LogP contribution is -2.35. The lowest BCUT2D eigenvalue weighted by atomic mass is 9.85. The predicted octanol–water partition coefficient (Wildman–Crippen LogP) is 1.38. The number of nitrogens with one attached hydrogen (secondary N) is 1. The number of hydrogen-bond donors (Lipinski definition) is 1. The molecule has 0 atom stereocenters. The molecular weight excluding hydrogens is 266 g/mol. The Morgan fingerprint density at radius 3 is 2.67 bits per heavy atom. The molecule has 1 aliphatic heterocycles. The van der Waals surface area contributed by atoms with E-state index in [1.54, 1.807) is 0 Å². The quantitative estimate of drug-likeness (QED) is 0.910. The van der Waals surface area contributed by atoms with Gasteiger partial charge >= 0.3 is 0 Å². The normalized spacial score (nSPS) is 20.3. The second kappa shape index (κ2) is 6.13. The number of piperidine rings is 1. The summed E-state index contributed by atoms with van der Waals surface area (Å²) in [5.41, 5.74) is 1.43. The number of carbonyl (C=O) groups excluding carboxylic acids is 1. The molecule has 0 unspecified atom stereocenters. The van der Waals surface area contributed by atoms with Gasteiger partial charge in [0.2, 0.25) is 0 Å². The minimum atomic E-state index is 0.0135. The molecule has 0 aromatic carbocycles. The molecule has 116 valence electrons. The third-order valence-electron chi connectivity index (χ3n) is 4.89. The van der Waals surface area contributed by atoms with Crippen molar-refractivity contribution in [1.29, 1.82) is 0 Å². The van der Waals surface area contributed by atoms with Crippen LogP contribution in [0.25, 0.3) is 0 Å².